The van der Waals surface area contributed by atoms with Gasteiger partial charge in [0.25, 0.3) is 5.91 Å². The quantitative estimate of drug-likeness (QED) is 0.624. The van der Waals surface area contributed by atoms with Crippen molar-refractivity contribution in [1.82, 2.24) is 19.7 Å². The van der Waals surface area contributed by atoms with Gasteiger partial charge in [0.15, 0.2) is 17.3 Å². The number of alkyl halides is 3. The highest BCUT2D eigenvalue weighted by atomic mass is 19.4. The number of halogens is 3. The van der Waals surface area contributed by atoms with Crippen LogP contribution in [0.25, 0.3) is 0 Å². The number of fused-ring (bicyclic) bond motifs is 2. The summed E-state index contributed by atoms with van der Waals surface area (Å²) in [5, 5.41) is 7.21. The van der Waals surface area contributed by atoms with E-state index in [0.717, 1.165) is 4.57 Å². The number of carbonyl (C=O) groups excluding carboxylic acids is 1. The van der Waals surface area contributed by atoms with Crippen molar-refractivity contribution in [2.75, 3.05) is 19.8 Å². The Kier molecular flexibility index (Phi) is 4.57. The monoisotopic (exact) mass is 430 g/mol. The maximum absolute atomic E-state index is 13.4. The van der Waals surface area contributed by atoms with Gasteiger partial charge in [0.05, 0.1) is 0 Å². The molecule has 31 heavy (non-hydrogen) atoms. The first-order valence-electron chi connectivity index (χ1n) is 9.69. The molecule has 2 aromatic carbocycles. The van der Waals surface area contributed by atoms with E-state index in [4.69, 9.17) is 9.47 Å². The Morgan fingerprint density at radius 3 is 2.45 bits per heavy atom. The van der Waals surface area contributed by atoms with Crippen molar-refractivity contribution in [3.8, 4) is 11.5 Å². The second-order valence-electron chi connectivity index (χ2n) is 7.20. The van der Waals surface area contributed by atoms with E-state index in [2.05, 4.69) is 10.2 Å². The normalized spacial score (nSPS) is 17.9. The van der Waals surface area contributed by atoms with E-state index in [1.54, 1.807) is 48.5 Å². The first kappa shape index (κ1) is 19.4. The zero-order chi connectivity index (χ0) is 21.6. The molecule has 1 aromatic heterocycles. The maximum atomic E-state index is 13.4. The molecule has 5 rings (SSSR count). The highest BCUT2D eigenvalue weighted by Crippen LogP contribution is 2.37. The number of rotatable bonds is 2. The lowest BCUT2D eigenvalue weighted by Crippen LogP contribution is -2.43. The molecule has 1 unspecified atom stereocenters. The molecule has 0 aliphatic carbocycles. The van der Waals surface area contributed by atoms with Crippen LogP contribution in [0, 0.1) is 0 Å². The van der Waals surface area contributed by atoms with E-state index in [0.29, 0.717) is 35.8 Å². The van der Waals surface area contributed by atoms with Gasteiger partial charge in [-0.15, -0.1) is 10.2 Å². The molecule has 3 heterocycles. The molecule has 0 fully saturated rings. The average molecular weight is 430 g/mol. The fourth-order valence-corrected chi connectivity index (χ4v) is 3.95. The van der Waals surface area contributed by atoms with Crippen molar-refractivity contribution < 1.29 is 27.4 Å². The van der Waals surface area contributed by atoms with E-state index in [-0.39, 0.29) is 24.8 Å². The maximum Gasteiger partial charge on any atom is 0.451 e. The predicted octanol–water partition coefficient (Wildman–Crippen LogP) is 3.31. The topological polar surface area (TPSA) is 69.5 Å². The van der Waals surface area contributed by atoms with Crippen LogP contribution < -0.4 is 9.47 Å². The summed E-state index contributed by atoms with van der Waals surface area (Å²) in [4.78, 5) is 15.0. The lowest BCUT2D eigenvalue weighted by Gasteiger charge is -2.36. The summed E-state index contributed by atoms with van der Waals surface area (Å²) in [5.74, 6) is -0.303. The third-order valence-corrected chi connectivity index (χ3v) is 5.32. The number of amides is 1. The SMILES string of the molecule is O=C(c1ccc2c(c1)OCCO2)N1CCn2c(nnc2C(F)(F)F)C1c1ccccc1. The Balaban J connectivity index is 1.56. The summed E-state index contributed by atoms with van der Waals surface area (Å²) in [6.07, 6.45) is -4.63. The summed E-state index contributed by atoms with van der Waals surface area (Å²) in [6, 6.07) is 12.9. The van der Waals surface area contributed by atoms with Crippen LogP contribution >= 0.6 is 0 Å². The number of nitrogens with zero attached hydrogens (tertiary/aromatic N) is 4. The summed E-state index contributed by atoms with van der Waals surface area (Å²) in [6.45, 7) is 0.821. The van der Waals surface area contributed by atoms with Crippen LogP contribution in [0.2, 0.25) is 0 Å². The van der Waals surface area contributed by atoms with Gasteiger partial charge in [-0.2, -0.15) is 13.2 Å². The van der Waals surface area contributed by atoms with Crippen molar-refractivity contribution in [2.24, 2.45) is 0 Å². The number of carbonyl (C=O) groups is 1. The van der Waals surface area contributed by atoms with Crippen molar-refractivity contribution >= 4 is 5.91 Å². The van der Waals surface area contributed by atoms with Crippen LogP contribution in [0.3, 0.4) is 0 Å². The molecular weight excluding hydrogens is 413 g/mol. The molecule has 3 aromatic rings. The summed E-state index contributed by atoms with van der Waals surface area (Å²) >= 11 is 0. The molecule has 0 saturated heterocycles. The van der Waals surface area contributed by atoms with Crippen LogP contribution in [-0.2, 0) is 12.7 Å². The zero-order valence-electron chi connectivity index (χ0n) is 16.2. The number of ether oxygens (including phenoxy) is 2. The second kappa shape index (κ2) is 7.29. The molecule has 160 valence electrons. The highest BCUT2D eigenvalue weighted by Gasteiger charge is 2.43. The van der Waals surface area contributed by atoms with E-state index < -0.39 is 18.0 Å². The minimum atomic E-state index is -4.63. The predicted molar refractivity (Wildman–Crippen MR) is 102 cm³/mol. The summed E-state index contributed by atoms with van der Waals surface area (Å²) in [5.41, 5.74) is 1.00. The number of aromatic nitrogens is 3. The summed E-state index contributed by atoms with van der Waals surface area (Å²) < 4.78 is 52.3. The minimum Gasteiger partial charge on any atom is -0.486 e. The molecule has 10 heteroatoms. The molecule has 2 aliphatic heterocycles. The van der Waals surface area contributed by atoms with Gasteiger partial charge >= 0.3 is 6.18 Å². The molecule has 0 radical (unpaired) electrons. The largest absolute Gasteiger partial charge is 0.486 e. The number of hydrogen-bond donors (Lipinski definition) is 0. The highest BCUT2D eigenvalue weighted by molar-refractivity contribution is 5.95. The lowest BCUT2D eigenvalue weighted by molar-refractivity contribution is -0.148. The molecular formula is C21H17F3N4O3. The molecule has 0 N–H and O–H groups in total. The lowest BCUT2D eigenvalue weighted by atomic mass is 10.0. The van der Waals surface area contributed by atoms with Crippen LogP contribution in [0.1, 0.15) is 33.6 Å². The van der Waals surface area contributed by atoms with Crippen LogP contribution in [0.4, 0.5) is 13.2 Å². The third-order valence-electron chi connectivity index (χ3n) is 5.32. The van der Waals surface area contributed by atoms with Crippen molar-refractivity contribution in [2.45, 2.75) is 18.8 Å². The average Bonchev–Trinajstić information content (AvgIpc) is 3.23. The van der Waals surface area contributed by atoms with Crippen LogP contribution in [-0.4, -0.2) is 45.3 Å². The van der Waals surface area contributed by atoms with E-state index in [1.165, 1.54) is 4.90 Å². The Labute approximate surface area is 175 Å². The molecule has 1 atom stereocenters. The second-order valence-corrected chi connectivity index (χ2v) is 7.20. The van der Waals surface area contributed by atoms with Crippen molar-refractivity contribution in [3.63, 3.8) is 0 Å². The van der Waals surface area contributed by atoms with Gasteiger partial charge < -0.3 is 18.9 Å². The van der Waals surface area contributed by atoms with Gasteiger partial charge in [0, 0.05) is 18.7 Å². The molecule has 1 amide bonds. The Morgan fingerprint density at radius 2 is 1.71 bits per heavy atom. The van der Waals surface area contributed by atoms with Crippen LogP contribution in [0.5, 0.6) is 11.5 Å². The third kappa shape index (κ3) is 3.37. The van der Waals surface area contributed by atoms with Gasteiger partial charge in [0.2, 0.25) is 5.82 Å². The molecule has 2 aliphatic rings. The van der Waals surface area contributed by atoms with Gasteiger partial charge in [-0.05, 0) is 23.8 Å². The molecule has 0 saturated carbocycles. The van der Waals surface area contributed by atoms with Crippen molar-refractivity contribution in [1.29, 1.82) is 0 Å². The van der Waals surface area contributed by atoms with E-state index in [9.17, 15) is 18.0 Å². The first-order valence-corrected chi connectivity index (χ1v) is 9.69. The van der Waals surface area contributed by atoms with Gasteiger partial charge in [-0.25, -0.2) is 0 Å². The Morgan fingerprint density at radius 1 is 0.968 bits per heavy atom. The fourth-order valence-electron chi connectivity index (χ4n) is 3.95. The smallest absolute Gasteiger partial charge is 0.451 e. The molecule has 0 spiro atoms. The minimum absolute atomic E-state index is 0.0587. The van der Waals surface area contributed by atoms with Crippen LogP contribution in [0.15, 0.2) is 48.5 Å². The molecule has 0 bridgehead atoms. The van der Waals surface area contributed by atoms with Crippen molar-refractivity contribution in [3.05, 3.63) is 71.3 Å². The van der Waals surface area contributed by atoms with E-state index >= 15 is 0 Å². The van der Waals surface area contributed by atoms with E-state index in [1.807, 2.05) is 0 Å². The standard InChI is InChI=1S/C21H17F3N4O3/c22-21(23,24)20-26-25-18-17(13-4-2-1-3-5-13)27(8-9-28(18)20)19(29)14-6-7-15-16(12-14)31-11-10-30-15/h1-7,12,17H,8-11H2. The number of benzene rings is 2. The Bertz CT molecular complexity index is 1130. The summed E-state index contributed by atoms with van der Waals surface area (Å²) in [7, 11) is 0. The Hall–Kier alpha value is -3.56. The number of hydrogen-bond acceptors (Lipinski definition) is 5. The molecule has 7 nitrogen and oxygen atoms in total. The first-order chi connectivity index (χ1) is 14.9. The fraction of sp³-hybridized carbons (Fsp3) is 0.286. The van der Waals surface area contributed by atoms with Gasteiger partial charge in [-0.1, -0.05) is 30.3 Å². The van der Waals surface area contributed by atoms with Gasteiger partial charge in [-0.3, -0.25) is 4.79 Å². The van der Waals surface area contributed by atoms with Gasteiger partial charge in [0.1, 0.15) is 19.3 Å². The zero-order valence-corrected chi connectivity index (χ0v) is 16.2.